The topological polar surface area (TPSA) is 237 Å². The molecule has 0 bridgehead atoms. The van der Waals surface area contributed by atoms with Gasteiger partial charge >= 0.3 is 0 Å². The van der Waals surface area contributed by atoms with Gasteiger partial charge in [0.25, 0.3) is 35.4 Å². The monoisotopic (exact) mass is 670 g/mol. The molecule has 10 N–H and O–H groups in total. The molecule has 5 aromatic carbocycles. The molecule has 0 fully saturated rings. The van der Waals surface area contributed by atoms with Crippen LogP contribution in [-0.2, 0) is 0 Å². The summed E-state index contributed by atoms with van der Waals surface area (Å²) in [6, 6.07) is 27.9. The molecule has 0 atom stereocenters. The quantitative estimate of drug-likeness (QED) is 0.0876. The maximum absolute atomic E-state index is 13.9. The predicted molar refractivity (Wildman–Crippen MR) is 186 cm³/mol. The molecule has 5 rings (SSSR count). The Bertz CT molecular complexity index is 1950. The molecule has 0 radical (unpaired) electrons. The lowest BCUT2D eigenvalue weighted by Crippen LogP contribution is -2.50. The van der Waals surface area contributed by atoms with Crippen molar-refractivity contribution in [2.75, 3.05) is 22.9 Å². The number of amides is 6. The molecule has 0 aliphatic carbocycles. The Morgan fingerprint density at radius 1 is 0.360 bits per heavy atom. The van der Waals surface area contributed by atoms with Gasteiger partial charge in [-0.3, -0.25) is 39.6 Å². The third-order valence-corrected chi connectivity index (χ3v) is 7.26. The second-order valence-electron chi connectivity index (χ2n) is 10.8. The summed E-state index contributed by atoms with van der Waals surface area (Å²) in [5, 5.41) is 0.988. The third kappa shape index (κ3) is 7.72. The summed E-state index contributed by atoms with van der Waals surface area (Å²) < 4.78 is 0. The Kier molecular flexibility index (Phi) is 9.84. The van der Waals surface area contributed by atoms with Crippen LogP contribution in [0.2, 0.25) is 0 Å². The Morgan fingerprint density at radius 3 is 0.920 bits per heavy atom. The molecule has 0 saturated carbocycles. The van der Waals surface area contributed by atoms with E-state index < -0.39 is 35.4 Å². The fraction of sp³-hybridized carbons (Fsp3) is 0. The van der Waals surface area contributed by atoms with E-state index in [1.807, 2.05) is 0 Å². The van der Waals surface area contributed by atoms with Gasteiger partial charge in [-0.2, -0.15) is 10.0 Å². The van der Waals surface area contributed by atoms with Crippen LogP contribution in [0.3, 0.4) is 0 Å². The summed E-state index contributed by atoms with van der Waals surface area (Å²) in [6.45, 7) is 0. The van der Waals surface area contributed by atoms with Gasteiger partial charge in [0.05, 0.1) is 0 Å². The molecular formula is C36H30N8O6. The first-order chi connectivity index (χ1) is 23.9. The standard InChI is InChI=1S/C36H30N8O6/c37-27-12-4-21(5-13-27)31(45)41-43(33(47)23-8-16-29(39)17-9-23)35(49)25-2-1-3-26(20-25)36(50)44(34(48)24-10-18-30(40)19-11-24)42-32(46)22-6-14-28(38)15-7-22/h1-20H,37-40H2,(H,41,45)(H,42,46). The number of nitrogen functional groups attached to an aromatic ring is 4. The van der Waals surface area contributed by atoms with Crippen molar-refractivity contribution < 1.29 is 28.8 Å². The number of hydrogen-bond donors (Lipinski definition) is 6. The molecule has 14 nitrogen and oxygen atoms in total. The van der Waals surface area contributed by atoms with E-state index in [0.717, 1.165) is 6.07 Å². The molecule has 0 unspecified atom stereocenters. The summed E-state index contributed by atoms with van der Waals surface area (Å²) in [7, 11) is 0. The minimum absolute atomic E-state index is 0.0167. The second kappa shape index (κ2) is 14.5. The van der Waals surface area contributed by atoms with E-state index in [9.17, 15) is 28.8 Å². The normalized spacial score (nSPS) is 10.4. The first-order valence-corrected chi connectivity index (χ1v) is 14.8. The van der Waals surface area contributed by atoms with E-state index in [0.29, 0.717) is 32.8 Å². The van der Waals surface area contributed by atoms with Gasteiger partial charge in [0, 0.05) is 56.1 Å². The van der Waals surface area contributed by atoms with Crippen molar-refractivity contribution in [3.05, 3.63) is 155 Å². The zero-order valence-electron chi connectivity index (χ0n) is 26.2. The molecule has 0 spiro atoms. The molecule has 50 heavy (non-hydrogen) atoms. The van der Waals surface area contributed by atoms with Gasteiger partial charge in [0.2, 0.25) is 0 Å². The van der Waals surface area contributed by atoms with Crippen LogP contribution >= 0.6 is 0 Å². The molecule has 6 amide bonds. The van der Waals surface area contributed by atoms with Crippen molar-refractivity contribution in [1.29, 1.82) is 0 Å². The zero-order valence-corrected chi connectivity index (χ0v) is 26.2. The lowest BCUT2D eigenvalue weighted by molar-refractivity contribution is 0.0483. The number of imide groups is 2. The van der Waals surface area contributed by atoms with Crippen molar-refractivity contribution in [3.63, 3.8) is 0 Å². The SMILES string of the molecule is Nc1ccc(C(=O)NN(C(=O)c2ccc(N)cc2)C(=O)c2cccc(C(=O)N(NC(=O)c3ccc(N)cc3)C(=O)c3ccc(N)cc3)c2)cc1. The number of hydrogen-bond acceptors (Lipinski definition) is 10. The van der Waals surface area contributed by atoms with Crippen molar-refractivity contribution >= 4 is 58.2 Å². The van der Waals surface area contributed by atoms with Crippen LogP contribution in [-0.4, -0.2) is 45.5 Å². The Balaban J connectivity index is 1.49. The minimum atomic E-state index is -1.02. The lowest BCUT2D eigenvalue weighted by atomic mass is 10.1. The fourth-order valence-electron chi connectivity index (χ4n) is 4.54. The van der Waals surface area contributed by atoms with Gasteiger partial charge in [-0.1, -0.05) is 6.07 Å². The van der Waals surface area contributed by atoms with Crippen LogP contribution in [0.1, 0.15) is 62.1 Å². The molecule has 0 aromatic heterocycles. The van der Waals surface area contributed by atoms with E-state index >= 15 is 0 Å². The number of nitrogens with zero attached hydrogens (tertiary/aromatic N) is 2. The third-order valence-electron chi connectivity index (χ3n) is 7.26. The molecular weight excluding hydrogens is 640 g/mol. The molecule has 0 heterocycles. The van der Waals surface area contributed by atoms with Crippen LogP contribution in [0.15, 0.2) is 121 Å². The number of nitrogens with two attached hydrogens (primary N) is 4. The number of benzene rings is 5. The number of nitrogens with one attached hydrogen (secondary N) is 2. The summed E-state index contributed by atoms with van der Waals surface area (Å²) in [6.07, 6.45) is 0. The average Bonchev–Trinajstić information content (AvgIpc) is 3.12. The van der Waals surface area contributed by atoms with Crippen molar-refractivity contribution in [3.8, 4) is 0 Å². The highest BCUT2D eigenvalue weighted by Gasteiger charge is 2.30. The smallest absolute Gasteiger partial charge is 0.279 e. The van der Waals surface area contributed by atoms with Gasteiger partial charge in [-0.15, -0.1) is 0 Å². The van der Waals surface area contributed by atoms with Gasteiger partial charge in [0.15, 0.2) is 0 Å². The van der Waals surface area contributed by atoms with E-state index in [1.54, 1.807) is 0 Å². The summed E-state index contributed by atoms with van der Waals surface area (Å²) in [4.78, 5) is 81.4. The molecule has 5 aromatic rings. The van der Waals surface area contributed by atoms with Crippen molar-refractivity contribution in [2.45, 2.75) is 0 Å². The Morgan fingerprint density at radius 2 is 0.620 bits per heavy atom. The zero-order chi connectivity index (χ0) is 35.9. The molecule has 14 heteroatoms. The molecule has 0 aliphatic rings. The number of hydrazine groups is 2. The Hall–Kier alpha value is -7.48. The van der Waals surface area contributed by atoms with Crippen LogP contribution < -0.4 is 33.8 Å². The van der Waals surface area contributed by atoms with Gasteiger partial charge in [-0.05, 0) is 115 Å². The number of carbonyl (C=O) groups is 6. The summed E-state index contributed by atoms with van der Waals surface area (Å²) in [5.41, 5.74) is 28.9. The van der Waals surface area contributed by atoms with Crippen LogP contribution in [0.5, 0.6) is 0 Å². The number of anilines is 4. The summed E-state index contributed by atoms with van der Waals surface area (Å²) in [5.74, 6) is -5.47. The van der Waals surface area contributed by atoms with E-state index in [2.05, 4.69) is 10.9 Å². The Labute approximate surface area is 285 Å². The first kappa shape index (κ1) is 33.9. The highest BCUT2D eigenvalue weighted by molar-refractivity contribution is 6.15. The number of rotatable bonds is 6. The molecule has 0 aliphatic heterocycles. The highest BCUT2D eigenvalue weighted by Crippen LogP contribution is 2.17. The van der Waals surface area contributed by atoms with Gasteiger partial charge in [-0.25, -0.2) is 0 Å². The van der Waals surface area contributed by atoms with Crippen LogP contribution in [0, 0.1) is 0 Å². The van der Waals surface area contributed by atoms with Crippen molar-refractivity contribution in [1.82, 2.24) is 20.9 Å². The van der Waals surface area contributed by atoms with Crippen LogP contribution in [0.25, 0.3) is 0 Å². The minimum Gasteiger partial charge on any atom is -0.399 e. The van der Waals surface area contributed by atoms with E-state index in [4.69, 9.17) is 22.9 Å². The van der Waals surface area contributed by atoms with Crippen molar-refractivity contribution in [2.24, 2.45) is 0 Å². The highest BCUT2D eigenvalue weighted by atomic mass is 16.2. The lowest BCUT2D eigenvalue weighted by Gasteiger charge is -2.23. The predicted octanol–water partition coefficient (Wildman–Crippen LogP) is 3.27. The van der Waals surface area contributed by atoms with Crippen LogP contribution in [0.4, 0.5) is 22.7 Å². The largest absolute Gasteiger partial charge is 0.399 e. The second-order valence-corrected chi connectivity index (χ2v) is 10.8. The fourth-order valence-corrected chi connectivity index (χ4v) is 4.54. The number of carbonyl (C=O) groups excluding carboxylic acids is 6. The maximum Gasteiger partial charge on any atom is 0.279 e. The van der Waals surface area contributed by atoms with Gasteiger partial charge < -0.3 is 22.9 Å². The average molecular weight is 671 g/mol. The molecule has 0 saturated heterocycles. The first-order valence-electron chi connectivity index (χ1n) is 14.8. The summed E-state index contributed by atoms with van der Waals surface area (Å²) >= 11 is 0. The van der Waals surface area contributed by atoms with E-state index in [-0.39, 0.29) is 33.4 Å². The van der Waals surface area contributed by atoms with E-state index in [1.165, 1.54) is 115 Å². The molecule has 250 valence electrons. The van der Waals surface area contributed by atoms with Gasteiger partial charge in [0.1, 0.15) is 0 Å². The maximum atomic E-state index is 13.9.